The predicted molar refractivity (Wildman–Crippen MR) is 114 cm³/mol. The Morgan fingerprint density at radius 2 is 1.84 bits per heavy atom. The topological polar surface area (TPSA) is 29.5 Å². The molecule has 0 aromatic carbocycles. The molecule has 0 bridgehead atoms. The Labute approximate surface area is 164 Å². The normalized spacial score (nSPS) is 23.2. The molecular formula is C19H37NO2SeSi2. The summed E-state index contributed by atoms with van der Waals surface area (Å²) in [6.45, 7) is 21.0. The van der Waals surface area contributed by atoms with Crippen molar-refractivity contribution in [1.82, 2.24) is 4.90 Å². The van der Waals surface area contributed by atoms with E-state index in [1.807, 2.05) is 4.90 Å². The van der Waals surface area contributed by atoms with Gasteiger partial charge in [-0.05, 0) is 0 Å². The molecule has 3 nitrogen and oxygen atoms in total. The fourth-order valence-electron chi connectivity index (χ4n) is 2.64. The van der Waals surface area contributed by atoms with Crippen molar-refractivity contribution < 1.29 is 9.22 Å². The molecule has 0 aromatic rings. The number of hydrogen-bond acceptors (Lipinski definition) is 2. The van der Waals surface area contributed by atoms with Crippen LogP contribution in [0.4, 0.5) is 0 Å². The molecule has 1 fully saturated rings. The van der Waals surface area contributed by atoms with E-state index in [4.69, 9.17) is 10.8 Å². The molecule has 6 heteroatoms. The molecule has 144 valence electrons. The van der Waals surface area contributed by atoms with Crippen LogP contribution < -0.4 is 0 Å². The molecule has 0 N–H and O–H groups in total. The van der Waals surface area contributed by atoms with Crippen LogP contribution in [0.5, 0.6) is 0 Å². The second kappa shape index (κ2) is 8.31. The van der Waals surface area contributed by atoms with E-state index >= 15 is 0 Å². The van der Waals surface area contributed by atoms with Crippen molar-refractivity contribution in [2.45, 2.75) is 87.9 Å². The van der Waals surface area contributed by atoms with Crippen LogP contribution in [0, 0.1) is 18.3 Å². The molecule has 0 unspecified atom stereocenters. The average molecular weight is 447 g/mol. The van der Waals surface area contributed by atoms with E-state index in [1.54, 1.807) is 0 Å². The maximum absolute atomic E-state index is 12.7. The number of carbonyl (C=O) groups is 1. The Hall–Kier alpha value is -0.0568. The van der Waals surface area contributed by atoms with Gasteiger partial charge in [-0.2, -0.15) is 0 Å². The summed E-state index contributed by atoms with van der Waals surface area (Å²) in [7, 11) is -2.91. The summed E-state index contributed by atoms with van der Waals surface area (Å²) in [5, 5.41) is 1.40. The minimum atomic E-state index is -1.87. The molecule has 1 aliphatic heterocycles. The molecule has 0 spiro atoms. The standard InChI is InChI=1S/C19H37NO2SeSi2/c1-11-12-20-17(21)16(18(20)23-13-14-24(6,7)8)15(2)22-25(9,10)19(3,4)5/h1,15-16,18H,12-14H2,2-10H3/t15-,16+,18-/m1/s1. The van der Waals surface area contributed by atoms with Gasteiger partial charge >= 0.3 is 164 Å². The van der Waals surface area contributed by atoms with Gasteiger partial charge in [-0.25, -0.2) is 0 Å². The fraction of sp³-hybridized carbons (Fsp3) is 0.842. The van der Waals surface area contributed by atoms with E-state index in [0.717, 1.165) is 0 Å². The van der Waals surface area contributed by atoms with Crippen molar-refractivity contribution >= 4 is 37.3 Å². The van der Waals surface area contributed by atoms with Crippen molar-refractivity contribution in [3.63, 3.8) is 0 Å². The van der Waals surface area contributed by atoms with Gasteiger partial charge in [0.2, 0.25) is 0 Å². The van der Waals surface area contributed by atoms with Crippen LogP contribution in [0.25, 0.3) is 0 Å². The average Bonchev–Trinajstić information content (AvgIpc) is 2.40. The molecule has 0 radical (unpaired) electrons. The first-order valence-electron chi connectivity index (χ1n) is 9.24. The molecule has 0 aliphatic carbocycles. The second-order valence-corrected chi connectivity index (χ2v) is 22.8. The second-order valence-electron chi connectivity index (χ2n) is 9.85. The summed E-state index contributed by atoms with van der Waals surface area (Å²) in [5.74, 6) is 2.86. The third-order valence-corrected chi connectivity index (χ3v) is 15.3. The number of hydrogen-bond donors (Lipinski definition) is 0. The Bertz CT molecular complexity index is 517. The van der Waals surface area contributed by atoms with E-state index in [2.05, 4.69) is 66.4 Å². The van der Waals surface area contributed by atoms with Crippen molar-refractivity contribution in [2.24, 2.45) is 5.92 Å². The Balaban J connectivity index is 2.80. The summed E-state index contributed by atoms with van der Waals surface area (Å²) in [4.78, 5) is 14.9. The van der Waals surface area contributed by atoms with Gasteiger partial charge in [0.05, 0.1) is 0 Å². The van der Waals surface area contributed by atoms with Gasteiger partial charge in [0.15, 0.2) is 0 Å². The molecule has 1 heterocycles. The zero-order chi connectivity index (χ0) is 19.6. The summed E-state index contributed by atoms with van der Waals surface area (Å²) in [6.07, 6.45) is 5.47. The van der Waals surface area contributed by atoms with Gasteiger partial charge in [0.25, 0.3) is 0 Å². The van der Waals surface area contributed by atoms with E-state index in [0.29, 0.717) is 26.4 Å². The number of β-lactam (4-membered cyclic amide) rings is 1. The molecule has 0 saturated carbocycles. The number of carbonyl (C=O) groups excluding carboxylic acids is 1. The Morgan fingerprint density at radius 1 is 1.28 bits per heavy atom. The monoisotopic (exact) mass is 447 g/mol. The van der Waals surface area contributed by atoms with Crippen molar-refractivity contribution in [3.05, 3.63) is 0 Å². The molecule has 0 aromatic heterocycles. The van der Waals surface area contributed by atoms with E-state index in [1.165, 1.54) is 11.4 Å². The van der Waals surface area contributed by atoms with E-state index < -0.39 is 16.4 Å². The minimum absolute atomic E-state index is 0.00381. The summed E-state index contributed by atoms with van der Waals surface area (Å²) < 4.78 is 6.54. The van der Waals surface area contributed by atoms with E-state index in [9.17, 15) is 4.79 Å². The van der Waals surface area contributed by atoms with Crippen LogP contribution in [0.15, 0.2) is 0 Å². The SMILES string of the molecule is C#CCN1C(=O)[C@H]([C@@H](C)O[Si](C)(C)C(C)(C)C)[C@H]1[Se]CC[Si](C)(C)C. The van der Waals surface area contributed by atoms with Gasteiger partial charge in [0, 0.05) is 0 Å². The van der Waals surface area contributed by atoms with Gasteiger partial charge in [0.1, 0.15) is 0 Å². The Kier molecular flexibility index (Phi) is 7.64. The zero-order valence-electron chi connectivity index (χ0n) is 17.6. The first-order chi connectivity index (χ1) is 11.2. The maximum atomic E-state index is 12.7. The van der Waals surface area contributed by atoms with Crippen LogP contribution in [0.3, 0.4) is 0 Å². The molecular weight excluding hydrogens is 409 g/mol. The quantitative estimate of drug-likeness (QED) is 0.317. The van der Waals surface area contributed by atoms with Crippen molar-refractivity contribution in [1.29, 1.82) is 0 Å². The first-order valence-corrected chi connectivity index (χ1v) is 18.1. The first kappa shape index (κ1) is 23.0. The molecule has 1 saturated heterocycles. The van der Waals surface area contributed by atoms with Crippen LogP contribution in [-0.4, -0.2) is 59.7 Å². The third kappa shape index (κ3) is 5.97. The summed E-state index contributed by atoms with van der Waals surface area (Å²) in [5.41, 5.74) is 0. The molecule has 1 aliphatic rings. The van der Waals surface area contributed by atoms with Crippen molar-refractivity contribution in [3.8, 4) is 12.3 Å². The van der Waals surface area contributed by atoms with Gasteiger partial charge in [-0.3, -0.25) is 0 Å². The van der Waals surface area contributed by atoms with Gasteiger partial charge in [-0.15, -0.1) is 0 Å². The number of rotatable bonds is 8. The van der Waals surface area contributed by atoms with Crippen LogP contribution in [-0.2, 0) is 9.22 Å². The predicted octanol–water partition coefficient (Wildman–Crippen LogP) is 4.28. The van der Waals surface area contributed by atoms with Gasteiger partial charge in [-0.1, -0.05) is 0 Å². The molecule has 1 amide bonds. The number of amides is 1. The molecule has 25 heavy (non-hydrogen) atoms. The Morgan fingerprint density at radius 3 is 2.28 bits per heavy atom. The van der Waals surface area contributed by atoms with Crippen LogP contribution >= 0.6 is 0 Å². The third-order valence-electron chi connectivity index (χ3n) is 5.38. The van der Waals surface area contributed by atoms with E-state index in [-0.39, 0.29) is 23.0 Å². The van der Waals surface area contributed by atoms with Crippen molar-refractivity contribution in [2.75, 3.05) is 6.54 Å². The number of nitrogens with zero attached hydrogens (tertiary/aromatic N) is 1. The van der Waals surface area contributed by atoms with Gasteiger partial charge < -0.3 is 0 Å². The van der Waals surface area contributed by atoms with Crippen LogP contribution in [0.2, 0.25) is 49.1 Å². The molecule has 3 atom stereocenters. The number of likely N-dealkylation sites (tertiary alicyclic amines) is 1. The summed E-state index contributed by atoms with van der Waals surface area (Å²) in [6, 6.07) is 1.33. The molecule has 1 rings (SSSR count). The zero-order valence-corrected chi connectivity index (χ0v) is 21.3. The summed E-state index contributed by atoms with van der Waals surface area (Å²) >= 11 is 0.417. The fourth-order valence-corrected chi connectivity index (χ4v) is 11.8. The van der Waals surface area contributed by atoms with Crippen LogP contribution in [0.1, 0.15) is 27.7 Å². The number of terminal acetylenes is 1.